The van der Waals surface area contributed by atoms with Crippen LogP contribution in [0.2, 0.25) is 0 Å². The molecule has 0 aromatic heterocycles. The third kappa shape index (κ3) is 3.07. The Balaban J connectivity index is 1.77. The zero-order chi connectivity index (χ0) is 16.3. The molecule has 0 bridgehead atoms. The van der Waals surface area contributed by atoms with E-state index in [0.29, 0.717) is 24.5 Å². The van der Waals surface area contributed by atoms with Gasteiger partial charge in [0, 0.05) is 11.6 Å². The predicted octanol–water partition coefficient (Wildman–Crippen LogP) is 2.99. The number of amides is 1. The van der Waals surface area contributed by atoms with Crippen LogP contribution in [0.5, 0.6) is 11.5 Å². The Labute approximate surface area is 134 Å². The summed E-state index contributed by atoms with van der Waals surface area (Å²) in [7, 11) is 0. The van der Waals surface area contributed by atoms with Crippen LogP contribution in [0.1, 0.15) is 24.5 Å². The van der Waals surface area contributed by atoms with E-state index < -0.39 is 11.8 Å². The number of hydrogen-bond acceptors (Lipinski definition) is 4. The molecule has 0 fully saturated rings. The molecular formula is C17H18N2O4. The number of nitrogens with one attached hydrogen (secondary N) is 2. The minimum absolute atomic E-state index is 0.458. The van der Waals surface area contributed by atoms with Gasteiger partial charge >= 0.3 is 6.09 Å². The van der Waals surface area contributed by atoms with Gasteiger partial charge in [0.15, 0.2) is 11.4 Å². The van der Waals surface area contributed by atoms with Gasteiger partial charge in [-0.3, -0.25) is 5.32 Å². The fraction of sp³-hybridized carbons (Fsp3) is 0.235. The zero-order valence-corrected chi connectivity index (χ0v) is 12.7. The second kappa shape index (κ2) is 6.18. The van der Waals surface area contributed by atoms with E-state index in [1.54, 1.807) is 6.07 Å². The molecule has 0 spiro atoms. The Morgan fingerprint density at radius 1 is 1.30 bits per heavy atom. The second-order valence-corrected chi connectivity index (χ2v) is 5.33. The Kier molecular flexibility index (Phi) is 4.08. The summed E-state index contributed by atoms with van der Waals surface area (Å²) in [6.45, 7) is 2.33. The first-order valence-electron chi connectivity index (χ1n) is 7.39. The standard InChI is InChI=1S/C17H18N2O4/c1-2-17(18-16(20)21)14-9-8-13(10-15(14)23-19-17)22-11-12-6-4-3-5-7-12/h3-10,18-19H,2,11H2,1H3,(H,20,21). The van der Waals surface area contributed by atoms with Gasteiger partial charge in [0.1, 0.15) is 12.4 Å². The lowest BCUT2D eigenvalue weighted by molar-refractivity contribution is 0.0922. The molecule has 0 aliphatic carbocycles. The van der Waals surface area contributed by atoms with Crippen molar-refractivity contribution >= 4 is 6.09 Å². The maximum absolute atomic E-state index is 11.0. The van der Waals surface area contributed by atoms with Crippen molar-refractivity contribution in [3.8, 4) is 11.5 Å². The molecule has 120 valence electrons. The van der Waals surface area contributed by atoms with Gasteiger partial charge < -0.3 is 14.7 Å². The fourth-order valence-corrected chi connectivity index (χ4v) is 2.59. The van der Waals surface area contributed by atoms with Gasteiger partial charge in [-0.15, -0.1) is 5.48 Å². The molecular weight excluding hydrogens is 296 g/mol. The molecule has 23 heavy (non-hydrogen) atoms. The number of hydroxylamine groups is 1. The molecule has 1 amide bonds. The van der Waals surface area contributed by atoms with Crippen LogP contribution in [0.15, 0.2) is 48.5 Å². The Morgan fingerprint density at radius 3 is 2.78 bits per heavy atom. The SMILES string of the molecule is CCC1(NC(=O)O)NOc2cc(OCc3ccccc3)ccc21. The average molecular weight is 314 g/mol. The molecule has 0 saturated carbocycles. The molecule has 6 heteroatoms. The van der Waals surface area contributed by atoms with Crippen molar-refractivity contribution in [3.63, 3.8) is 0 Å². The summed E-state index contributed by atoms with van der Waals surface area (Å²) in [6, 6.07) is 15.2. The van der Waals surface area contributed by atoms with E-state index >= 15 is 0 Å². The molecule has 0 saturated heterocycles. The molecule has 2 aromatic carbocycles. The van der Waals surface area contributed by atoms with Crippen LogP contribution >= 0.6 is 0 Å². The highest BCUT2D eigenvalue weighted by Crippen LogP contribution is 2.38. The van der Waals surface area contributed by atoms with Crippen molar-refractivity contribution in [2.45, 2.75) is 25.6 Å². The van der Waals surface area contributed by atoms with Crippen LogP contribution in [0.25, 0.3) is 0 Å². The maximum Gasteiger partial charge on any atom is 0.406 e. The lowest BCUT2D eigenvalue weighted by atomic mass is 9.97. The van der Waals surface area contributed by atoms with E-state index in [1.807, 2.05) is 49.4 Å². The van der Waals surface area contributed by atoms with E-state index in [4.69, 9.17) is 14.7 Å². The van der Waals surface area contributed by atoms with Crippen molar-refractivity contribution in [1.29, 1.82) is 0 Å². The van der Waals surface area contributed by atoms with Crippen LogP contribution in [0.4, 0.5) is 4.79 Å². The van der Waals surface area contributed by atoms with E-state index in [1.165, 1.54) is 0 Å². The molecule has 3 rings (SSSR count). The molecule has 2 aromatic rings. The Bertz CT molecular complexity index is 705. The van der Waals surface area contributed by atoms with Gasteiger partial charge in [0.25, 0.3) is 0 Å². The van der Waals surface area contributed by atoms with Crippen molar-refractivity contribution < 1.29 is 19.5 Å². The van der Waals surface area contributed by atoms with Gasteiger partial charge in [-0.1, -0.05) is 37.3 Å². The first-order chi connectivity index (χ1) is 11.1. The van der Waals surface area contributed by atoms with Crippen LogP contribution in [-0.2, 0) is 12.3 Å². The summed E-state index contributed by atoms with van der Waals surface area (Å²) >= 11 is 0. The monoisotopic (exact) mass is 314 g/mol. The number of carbonyl (C=O) groups is 1. The fourth-order valence-electron chi connectivity index (χ4n) is 2.59. The Hall–Kier alpha value is -2.73. The van der Waals surface area contributed by atoms with Crippen LogP contribution in [0.3, 0.4) is 0 Å². The van der Waals surface area contributed by atoms with E-state index in [-0.39, 0.29) is 0 Å². The normalized spacial score (nSPS) is 18.8. The highest BCUT2D eigenvalue weighted by atomic mass is 16.7. The molecule has 1 atom stereocenters. The van der Waals surface area contributed by atoms with Crippen molar-refractivity contribution in [2.75, 3.05) is 0 Å². The number of rotatable bonds is 5. The summed E-state index contributed by atoms with van der Waals surface area (Å²) in [6.07, 6.45) is -0.600. The predicted molar refractivity (Wildman–Crippen MR) is 84.1 cm³/mol. The summed E-state index contributed by atoms with van der Waals surface area (Å²) in [5.41, 5.74) is 3.66. The van der Waals surface area contributed by atoms with Crippen LogP contribution in [0, 0.1) is 0 Å². The summed E-state index contributed by atoms with van der Waals surface area (Å²) in [4.78, 5) is 16.5. The third-order valence-electron chi connectivity index (χ3n) is 3.85. The van der Waals surface area contributed by atoms with E-state index in [9.17, 15) is 4.79 Å². The number of ether oxygens (including phenoxy) is 1. The molecule has 3 N–H and O–H groups in total. The second-order valence-electron chi connectivity index (χ2n) is 5.33. The van der Waals surface area contributed by atoms with Crippen molar-refractivity contribution in [3.05, 3.63) is 59.7 Å². The summed E-state index contributed by atoms with van der Waals surface area (Å²) in [5, 5.41) is 11.5. The number of benzene rings is 2. The number of fused-ring (bicyclic) bond motifs is 1. The number of hydrogen-bond donors (Lipinski definition) is 3. The topological polar surface area (TPSA) is 79.8 Å². The van der Waals surface area contributed by atoms with E-state index in [2.05, 4.69) is 10.8 Å². The van der Waals surface area contributed by atoms with Crippen LogP contribution < -0.4 is 20.4 Å². The minimum Gasteiger partial charge on any atom is -0.489 e. The zero-order valence-electron chi connectivity index (χ0n) is 12.7. The van der Waals surface area contributed by atoms with Crippen LogP contribution in [-0.4, -0.2) is 11.2 Å². The smallest absolute Gasteiger partial charge is 0.406 e. The lowest BCUT2D eigenvalue weighted by Crippen LogP contribution is -2.53. The van der Waals surface area contributed by atoms with E-state index in [0.717, 1.165) is 11.1 Å². The highest BCUT2D eigenvalue weighted by Gasteiger charge is 2.41. The quantitative estimate of drug-likeness (QED) is 0.790. The van der Waals surface area contributed by atoms with Crippen molar-refractivity contribution in [1.82, 2.24) is 10.8 Å². The molecule has 1 unspecified atom stereocenters. The summed E-state index contributed by atoms with van der Waals surface area (Å²) < 4.78 is 5.76. The largest absolute Gasteiger partial charge is 0.489 e. The lowest BCUT2D eigenvalue weighted by Gasteiger charge is -2.26. The molecule has 6 nitrogen and oxygen atoms in total. The average Bonchev–Trinajstić information content (AvgIpc) is 2.92. The molecule has 1 heterocycles. The first kappa shape index (κ1) is 15.2. The Morgan fingerprint density at radius 2 is 2.09 bits per heavy atom. The van der Waals surface area contributed by atoms with Gasteiger partial charge in [0.2, 0.25) is 0 Å². The summed E-state index contributed by atoms with van der Waals surface area (Å²) in [5.74, 6) is 1.22. The molecule has 1 aliphatic rings. The number of carboxylic acid groups (broad SMARTS) is 1. The molecule has 0 radical (unpaired) electrons. The van der Waals surface area contributed by atoms with Crippen molar-refractivity contribution in [2.24, 2.45) is 0 Å². The first-order valence-corrected chi connectivity index (χ1v) is 7.39. The molecule has 1 aliphatic heterocycles. The van der Waals surface area contributed by atoms with Gasteiger partial charge in [-0.25, -0.2) is 4.79 Å². The third-order valence-corrected chi connectivity index (χ3v) is 3.85. The minimum atomic E-state index is -1.11. The van der Waals surface area contributed by atoms with Gasteiger partial charge in [0.05, 0.1) is 0 Å². The van der Waals surface area contributed by atoms with Gasteiger partial charge in [-0.05, 0) is 24.1 Å². The maximum atomic E-state index is 11.0. The highest BCUT2D eigenvalue weighted by molar-refractivity contribution is 5.67. The van der Waals surface area contributed by atoms with Gasteiger partial charge in [-0.2, -0.15) is 0 Å².